The lowest BCUT2D eigenvalue weighted by Gasteiger charge is -2.38. The number of benzene rings is 1. The SMILES string of the molecule is CC1CN(C(=O)C(C#N)Cc2ccccc2)CCN1C. The van der Waals surface area contributed by atoms with E-state index in [4.69, 9.17) is 0 Å². The molecule has 0 N–H and O–H groups in total. The predicted octanol–water partition coefficient (Wildman–Crippen LogP) is 1.53. The van der Waals surface area contributed by atoms with Crippen molar-refractivity contribution in [3.63, 3.8) is 0 Å². The standard InChI is InChI=1S/C16H21N3O/c1-13-12-19(9-8-18(13)2)16(20)15(11-17)10-14-6-4-3-5-7-14/h3-7,13,15H,8-10,12H2,1-2H3. The van der Waals surface area contributed by atoms with Crippen molar-refractivity contribution in [1.29, 1.82) is 5.26 Å². The predicted molar refractivity (Wildman–Crippen MR) is 77.9 cm³/mol. The highest BCUT2D eigenvalue weighted by Crippen LogP contribution is 2.14. The lowest BCUT2D eigenvalue weighted by molar-refractivity contribution is -0.136. The van der Waals surface area contributed by atoms with Gasteiger partial charge in [0.1, 0.15) is 5.92 Å². The second-order valence-electron chi connectivity index (χ2n) is 5.49. The molecule has 1 aromatic rings. The van der Waals surface area contributed by atoms with E-state index in [2.05, 4.69) is 24.9 Å². The summed E-state index contributed by atoms with van der Waals surface area (Å²) >= 11 is 0. The van der Waals surface area contributed by atoms with Crippen LogP contribution in [0.15, 0.2) is 30.3 Å². The van der Waals surface area contributed by atoms with E-state index < -0.39 is 5.92 Å². The van der Waals surface area contributed by atoms with E-state index in [9.17, 15) is 10.1 Å². The number of nitrogens with zero attached hydrogens (tertiary/aromatic N) is 3. The van der Waals surface area contributed by atoms with Gasteiger partial charge in [-0.2, -0.15) is 5.26 Å². The van der Waals surface area contributed by atoms with Crippen molar-refractivity contribution in [2.75, 3.05) is 26.7 Å². The van der Waals surface area contributed by atoms with Crippen molar-refractivity contribution >= 4 is 5.91 Å². The number of likely N-dealkylation sites (N-methyl/N-ethyl adjacent to an activating group) is 1. The second-order valence-corrected chi connectivity index (χ2v) is 5.49. The molecule has 2 atom stereocenters. The van der Waals surface area contributed by atoms with Crippen molar-refractivity contribution in [1.82, 2.24) is 9.80 Å². The third-order valence-electron chi connectivity index (χ3n) is 4.01. The highest BCUT2D eigenvalue weighted by molar-refractivity contribution is 5.81. The fourth-order valence-electron chi connectivity index (χ4n) is 2.51. The van der Waals surface area contributed by atoms with Gasteiger partial charge < -0.3 is 9.80 Å². The minimum atomic E-state index is -0.576. The summed E-state index contributed by atoms with van der Waals surface area (Å²) < 4.78 is 0. The molecule has 1 saturated heterocycles. The van der Waals surface area contributed by atoms with E-state index in [1.165, 1.54) is 0 Å². The number of amides is 1. The number of hydrogen-bond donors (Lipinski definition) is 0. The van der Waals surface area contributed by atoms with Gasteiger partial charge >= 0.3 is 0 Å². The van der Waals surface area contributed by atoms with Crippen molar-refractivity contribution < 1.29 is 4.79 Å². The molecule has 20 heavy (non-hydrogen) atoms. The summed E-state index contributed by atoms with van der Waals surface area (Å²) in [4.78, 5) is 16.5. The van der Waals surface area contributed by atoms with Crippen molar-refractivity contribution in [2.24, 2.45) is 5.92 Å². The molecule has 1 aromatic carbocycles. The maximum absolute atomic E-state index is 12.5. The molecule has 4 heteroatoms. The molecule has 0 radical (unpaired) electrons. The van der Waals surface area contributed by atoms with Gasteiger partial charge in [-0.25, -0.2) is 0 Å². The molecule has 0 saturated carbocycles. The molecule has 0 aliphatic carbocycles. The summed E-state index contributed by atoms with van der Waals surface area (Å²) in [6.07, 6.45) is 0.497. The van der Waals surface area contributed by atoms with E-state index in [1.807, 2.05) is 35.2 Å². The second kappa shape index (κ2) is 6.53. The molecular weight excluding hydrogens is 250 g/mol. The lowest BCUT2D eigenvalue weighted by Crippen LogP contribution is -2.53. The first-order valence-electron chi connectivity index (χ1n) is 7.04. The highest BCUT2D eigenvalue weighted by Gasteiger charge is 2.29. The average molecular weight is 271 g/mol. The number of piperazine rings is 1. The van der Waals surface area contributed by atoms with Crippen LogP contribution in [0, 0.1) is 17.2 Å². The molecule has 1 fully saturated rings. The number of rotatable bonds is 3. The quantitative estimate of drug-likeness (QED) is 0.837. The van der Waals surface area contributed by atoms with Crippen molar-refractivity contribution in [2.45, 2.75) is 19.4 Å². The summed E-state index contributed by atoms with van der Waals surface area (Å²) in [6, 6.07) is 12.3. The summed E-state index contributed by atoms with van der Waals surface area (Å²) in [5.41, 5.74) is 1.04. The first-order chi connectivity index (χ1) is 9.61. The average Bonchev–Trinajstić information content (AvgIpc) is 2.48. The maximum Gasteiger partial charge on any atom is 0.240 e. The van der Waals surface area contributed by atoms with Gasteiger partial charge in [-0.15, -0.1) is 0 Å². The molecule has 2 rings (SSSR count). The van der Waals surface area contributed by atoms with Crippen LogP contribution in [0.3, 0.4) is 0 Å². The summed E-state index contributed by atoms with van der Waals surface area (Å²) in [7, 11) is 2.07. The van der Waals surface area contributed by atoms with Gasteiger partial charge in [-0.05, 0) is 26.0 Å². The number of nitriles is 1. The summed E-state index contributed by atoms with van der Waals surface area (Å²) in [5.74, 6) is -0.607. The summed E-state index contributed by atoms with van der Waals surface area (Å²) in [5, 5.41) is 9.30. The van der Waals surface area contributed by atoms with Gasteiger partial charge in [0.15, 0.2) is 0 Å². The van der Waals surface area contributed by atoms with Gasteiger partial charge in [0.05, 0.1) is 6.07 Å². The topological polar surface area (TPSA) is 47.3 Å². The van der Waals surface area contributed by atoms with Crippen LogP contribution in [0.2, 0.25) is 0 Å². The van der Waals surface area contributed by atoms with Gasteiger partial charge in [-0.3, -0.25) is 4.79 Å². The molecule has 106 valence electrons. The van der Waals surface area contributed by atoms with Gasteiger partial charge in [0.25, 0.3) is 0 Å². The Labute approximate surface area is 120 Å². The van der Waals surface area contributed by atoms with Crippen LogP contribution in [-0.2, 0) is 11.2 Å². The van der Waals surface area contributed by atoms with E-state index in [1.54, 1.807) is 0 Å². The Morgan fingerprint density at radius 1 is 1.40 bits per heavy atom. The zero-order valence-electron chi connectivity index (χ0n) is 12.1. The van der Waals surface area contributed by atoms with Gasteiger partial charge in [-0.1, -0.05) is 30.3 Å². The molecule has 0 bridgehead atoms. The number of carbonyl (C=O) groups excluding carboxylic acids is 1. The third kappa shape index (κ3) is 3.37. The number of carbonyl (C=O) groups is 1. The smallest absolute Gasteiger partial charge is 0.240 e. The molecule has 2 unspecified atom stereocenters. The molecule has 4 nitrogen and oxygen atoms in total. The molecule has 0 aromatic heterocycles. The summed E-state index contributed by atoms with van der Waals surface area (Å²) in [6.45, 7) is 4.41. The zero-order chi connectivity index (χ0) is 14.5. The van der Waals surface area contributed by atoms with Gasteiger partial charge in [0, 0.05) is 25.7 Å². The molecular formula is C16H21N3O. The number of hydrogen-bond acceptors (Lipinski definition) is 3. The Morgan fingerprint density at radius 3 is 2.70 bits per heavy atom. The molecule has 0 spiro atoms. The monoisotopic (exact) mass is 271 g/mol. The van der Waals surface area contributed by atoms with E-state index >= 15 is 0 Å². The van der Waals surface area contributed by atoms with Crippen LogP contribution in [0.1, 0.15) is 12.5 Å². The first kappa shape index (κ1) is 14.5. The largest absolute Gasteiger partial charge is 0.339 e. The van der Waals surface area contributed by atoms with Crippen LogP contribution in [-0.4, -0.2) is 48.4 Å². The van der Waals surface area contributed by atoms with E-state index in [-0.39, 0.29) is 5.91 Å². The lowest BCUT2D eigenvalue weighted by atomic mass is 9.98. The van der Waals surface area contributed by atoms with Crippen molar-refractivity contribution in [3.05, 3.63) is 35.9 Å². The van der Waals surface area contributed by atoms with Crippen LogP contribution in [0.5, 0.6) is 0 Å². The normalized spacial score (nSPS) is 21.2. The Hall–Kier alpha value is -1.86. The molecule has 1 aliphatic heterocycles. The Morgan fingerprint density at radius 2 is 2.10 bits per heavy atom. The minimum Gasteiger partial charge on any atom is -0.339 e. The van der Waals surface area contributed by atoms with E-state index in [0.29, 0.717) is 25.6 Å². The maximum atomic E-state index is 12.5. The Bertz CT molecular complexity index is 494. The van der Waals surface area contributed by atoms with Gasteiger partial charge in [0.2, 0.25) is 5.91 Å². The molecule has 1 amide bonds. The van der Waals surface area contributed by atoms with Crippen LogP contribution >= 0.6 is 0 Å². The van der Waals surface area contributed by atoms with Crippen LogP contribution in [0.4, 0.5) is 0 Å². The molecule has 1 heterocycles. The van der Waals surface area contributed by atoms with Crippen LogP contribution in [0.25, 0.3) is 0 Å². The van der Waals surface area contributed by atoms with E-state index in [0.717, 1.165) is 12.1 Å². The first-order valence-corrected chi connectivity index (χ1v) is 7.04. The van der Waals surface area contributed by atoms with Crippen LogP contribution < -0.4 is 0 Å². The fraction of sp³-hybridized carbons (Fsp3) is 0.500. The Balaban J connectivity index is 2.01. The highest BCUT2D eigenvalue weighted by atomic mass is 16.2. The zero-order valence-corrected chi connectivity index (χ0v) is 12.1. The Kier molecular flexibility index (Phi) is 4.75. The van der Waals surface area contributed by atoms with Crippen molar-refractivity contribution in [3.8, 4) is 6.07 Å². The minimum absolute atomic E-state index is 0.0312. The third-order valence-corrected chi connectivity index (χ3v) is 4.01. The fourth-order valence-corrected chi connectivity index (χ4v) is 2.51. The molecule has 1 aliphatic rings.